The van der Waals surface area contributed by atoms with Crippen LogP contribution < -0.4 is 5.32 Å². The second-order valence-corrected chi connectivity index (χ2v) is 3.94. The minimum atomic E-state index is 0.0642. The Morgan fingerprint density at radius 3 is 3.07 bits per heavy atom. The molecule has 1 amide bonds. The van der Waals surface area contributed by atoms with Crippen molar-refractivity contribution in [1.82, 2.24) is 10.2 Å². The molecule has 0 aliphatic carbocycles. The Balaban J connectivity index is 2.40. The van der Waals surface area contributed by atoms with Crippen LogP contribution in [0.3, 0.4) is 0 Å². The van der Waals surface area contributed by atoms with Crippen LogP contribution in [0.25, 0.3) is 0 Å². The number of hydrogen-bond donors (Lipinski definition) is 1. The Bertz CT molecular complexity index is 224. The van der Waals surface area contributed by atoms with Crippen LogP contribution >= 0.6 is 0 Å². The number of carbonyl (C=O) groups is 1. The zero-order valence-electron chi connectivity index (χ0n) is 9.83. The third-order valence-corrected chi connectivity index (χ3v) is 2.78. The molecular formula is C12H22N2O. The molecule has 1 atom stereocenters. The molecule has 0 aromatic heterocycles. The molecule has 1 rings (SSSR count). The van der Waals surface area contributed by atoms with E-state index in [1.807, 2.05) is 24.8 Å². The van der Waals surface area contributed by atoms with Crippen LogP contribution in [0, 0.1) is 0 Å². The topological polar surface area (TPSA) is 32.3 Å². The van der Waals surface area contributed by atoms with Gasteiger partial charge in [-0.25, -0.2) is 0 Å². The maximum Gasteiger partial charge on any atom is 0.239 e. The highest BCUT2D eigenvalue weighted by atomic mass is 16.2. The smallest absolute Gasteiger partial charge is 0.239 e. The number of hydrogen-bond acceptors (Lipinski definition) is 2. The number of allylic oxidation sites excluding steroid dienone is 1. The number of rotatable bonds is 5. The van der Waals surface area contributed by atoms with Gasteiger partial charge in [-0.2, -0.15) is 0 Å². The summed E-state index contributed by atoms with van der Waals surface area (Å²) >= 11 is 0. The van der Waals surface area contributed by atoms with E-state index < -0.39 is 0 Å². The third-order valence-electron chi connectivity index (χ3n) is 2.78. The van der Waals surface area contributed by atoms with Gasteiger partial charge in [0.05, 0.1) is 6.04 Å². The van der Waals surface area contributed by atoms with Gasteiger partial charge in [-0.1, -0.05) is 19.1 Å². The monoisotopic (exact) mass is 210 g/mol. The minimum Gasteiger partial charge on any atom is -0.341 e. The molecule has 1 aliphatic rings. The Morgan fingerprint density at radius 1 is 1.60 bits per heavy atom. The van der Waals surface area contributed by atoms with Gasteiger partial charge in [-0.15, -0.1) is 0 Å². The molecule has 1 saturated heterocycles. The quantitative estimate of drug-likeness (QED) is 0.698. The van der Waals surface area contributed by atoms with Crippen LogP contribution in [0.1, 0.15) is 33.1 Å². The first kappa shape index (κ1) is 12.2. The molecule has 0 radical (unpaired) electrons. The number of nitrogens with zero attached hydrogens (tertiary/aromatic N) is 1. The van der Waals surface area contributed by atoms with Crippen molar-refractivity contribution in [2.45, 2.75) is 39.2 Å². The Kier molecular flexibility index (Phi) is 5.40. The average molecular weight is 210 g/mol. The van der Waals surface area contributed by atoms with E-state index in [0.29, 0.717) is 0 Å². The Morgan fingerprint density at radius 2 is 2.40 bits per heavy atom. The number of likely N-dealkylation sites (tertiary alicyclic amines) is 1. The maximum atomic E-state index is 11.9. The zero-order chi connectivity index (χ0) is 11.1. The molecule has 1 heterocycles. The fourth-order valence-corrected chi connectivity index (χ4v) is 2.00. The van der Waals surface area contributed by atoms with E-state index in [9.17, 15) is 4.79 Å². The van der Waals surface area contributed by atoms with Gasteiger partial charge in [0.25, 0.3) is 0 Å². The fourth-order valence-electron chi connectivity index (χ4n) is 2.00. The summed E-state index contributed by atoms with van der Waals surface area (Å²) in [4.78, 5) is 13.9. The molecule has 1 fully saturated rings. The second kappa shape index (κ2) is 6.62. The van der Waals surface area contributed by atoms with Crippen molar-refractivity contribution in [3.8, 4) is 0 Å². The summed E-state index contributed by atoms with van der Waals surface area (Å²) in [5.74, 6) is 0.285. The summed E-state index contributed by atoms with van der Waals surface area (Å²) < 4.78 is 0. The SMILES string of the molecule is C/C=C/CCN1CCCC(NCC)C1=O. The molecule has 0 bridgehead atoms. The van der Waals surface area contributed by atoms with E-state index in [4.69, 9.17) is 0 Å². The zero-order valence-corrected chi connectivity index (χ0v) is 9.83. The molecule has 0 spiro atoms. The fraction of sp³-hybridized carbons (Fsp3) is 0.750. The first-order valence-electron chi connectivity index (χ1n) is 5.93. The van der Waals surface area contributed by atoms with Gasteiger partial charge < -0.3 is 10.2 Å². The molecule has 1 unspecified atom stereocenters. The van der Waals surface area contributed by atoms with Gasteiger partial charge in [0.15, 0.2) is 0 Å². The lowest BCUT2D eigenvalue weighted by Gasteiger charge is -2.32. The van der Waals surface area contributed by atoms with Gasteiger partial charge >= 0.3 is 0 Å². The lowest BCUT2D eigenvalue weighted by Crippen LogP contribution is -2.50. The summed E-state index contributed by atoms with van der Waals surface area (Å²) in [6.07, 6.45) is 7.24. The van der Waals surface area contributed by atoms with Crippen molar-refractivity contribution in [2.75, 3.05) is 19.6 Å². The highest BCUT2D eigenvalue weighted by Gasteiger charge is 2.26. The van der Waals surface area contributed by atoms with Gasteiger partial charge in [0.1, 0.15) is 0 Å². The molecule has 86 valence electrons. The van der Waals surface area contributed by atoms with E-state index in [1.54, 1.807) is 0 Å². The van der Waals surface area contributed by atoms with E-state index in [0.717, 1.165) is 38.9 Å². The molecule has 3 nitrogen and oxygen atoms in total. The van der Waals surface area contributed by atoms with Gasteiger partial charge in [0, 0.05) is 13.1 Å². The minimum absolute atomic E-state index is 0.0642. The van der Waals surface area contributed by atoms with Crippen LogP contribution in [0.2, 0.25) is 0 Å². The molecule has 0 aromatic carbocycles. The molecule has 1 aliphatic heterocycles. The molecule has 15 heavy (non-hydrogen) atoms. The van der Waals surface area contributed by atoms with Crippen LogP contribution in [0.15, 0.2) is 12.2 Å². The second-order valence-electron chi connectivity index (χ2n) is 3.94. The van der Waals surface area contributed by atoms with E-state index in [1.165, 1.54) is 0 Å². The van der Waals surface area contributed by atoms with Crippen LogP contribution in [-0.2, 0) is 4.79 Å². The maximum absolute atomic E-state index is 11.9. The van der Waals surface area contributed by atoms with Crippen LogP contribution in [0.5, 0.6) is 0 Å². The van der Waals surface area contributed by atoms with E-state index in [-0.39, 0.29) is 11.9 Å². The standard InChI is InChI=1S/C12H22N2O/c1-3-5-6-9-14-10-7-8-11(12(14)15)13-4-2/h3,5,11,13H,4,6-10H2,1-2H3/b5-3+. The number of likely N-dealkylation sites (N-methyl/N-ethyl adjacent to an activating group) is 1. The van der Waals surface area contributed by atoms with Crippen LogP contribution in [0.4, 0.5) is 0 Å². The first-order valence-corrected chi connectivity index (χ1v) is 5.93. The van der Waals surface area contributed by atoms with E-state index in [2.05, 4.69) is 11.4 Å². The Labute approximate surface area is 92.5 Å². The van der Waals surface area contributed by atoms with Crippen molar-refractivity contribution in [1.29, 1.82) is 0 Å². The molecule has 1 N–H and O–H groups in total. The summed E-state index contributed by atoms with van der Waals surface area (Å²) in [5, 5.41) is 3.25. The highest BCUT2D eigenvalue weighted by molar-refractivity contribution is 5.82. The van der Waals surface area contributed by atoms with Crippen LogP contribution in [-0.4, -0.2) is 36.5 Å². The molecular weight excluding hydrogens is 188 g/mol. The van der Waals surface area contributed by atoms with Crippen molar-refractivity contribution < 1.29 is 4.79 Å². The molecule has 0 aromatic rings. The Hall–Kier alpha value is -0.830. The predicted molar refractivity (Wildman–Crippen MR) is 62.7 cm³/mol. The summed E-state index contributed by atoms with van der Waals surface area (Å²) in [6, 6.07) is 0.0642. The summed E-state index contributed by atoms with van der Waals surface area (Å²) in [7, 11) is 0. The largest absolute Gasteiger partial charge is 0.341 e. The van der Waals surface area contributed by atoms with Gasteiger partial charge in [-0.3, -0.25) is 4.79 Å². The van der Waals surface area contributed by atoms with Crippen molar-refractivity contribution in [3.63, 3.8) is 0 Å². The summed E-state index contributed by atoms with van der Waals surface area (Å²) in [5.41, 5.74) is 0. The van der Waals surface area contributed by atoms with Gasteiger partial charge in [-0.05, 0) is 32.7 Å². The number of nitrogens with one attached hydrogen (secondary N) is 1. The molecule has 0 saturated carbocycles. The number of amides is 1. The number of piperidine rings is 1. The van der Waals surface area contributed by atoms with Crippen molar-refractivity contribution in [3.05, 3.63) is 12.2 Å². The van der Waals surface area contributed by atoms with Crippen molar-refractivity contribution in [2.24, 2.45) is 0 Å². The van der Waals surface area contributed by atoms with Crippen molar-refractivity contribution >= 4 is 5.91 Å². The lowest BCUT2D eigenvalue weighted by atomic mass is 10.0. The lowest BCUT2D eigenvalue weighted by molar-refractivity contribution is -0.135. The molecule has 3 heteroatoms. The normalized spacial score (nSPS) is 22.7. The summed E-state index contributed by atoms with van der Waals surface area (Å²) in [6.45, 7) is 6.73. The third kappa shape index (κ3) is 3.67. The highest BCUT2D eigenvalue weighted by Crippen LogP contribution is 2.12. The average Bonchev–Trinajstić information content (AvgIpc) is 2.24. The van der Waals surface area contributed by atoms with E-state index >= 15 is 0 Å². The first-order chi connectivity index (χ1) is 7.29. The number of carbonyl (C=O) groups excluding carboxylic acids is 1. The van der Waals surface area contributed by atoms with Gasteiger partial charge in [0.2, 0.25) is 5.91 Å². The predicted octanol–water partition coefficient (Wildman–Crippen LogP) is 1.55.